The van der Waals surface area contributed by atoms with Crippen molar-refractivity contribution in [3.63, 3.8) is 0 Å². The lowest BCUT2D eigenvalue weighted by Gasteiger charge is -2.09. The van der Waals surface area contributed by atoms with Crippen LogP contribution in [0, 0.1) is 0 Å². The summed E-state index contributed by atoms with van der Waals surface area (Å²) in [7, 11) is 1.60. The zero-order valence-electron chi connectivity index (χ0n) is 16.1. The number of aromatic nitrogens is 3. The van der Waals surface area contributed by atoms with Crippen LogP contribution in [0.2, 0.25) is 0 Å². The quantitative estimate of drug-likeness (QED) is 0.327. The van der Waals surface area contributed by atoms with E-state index in [9.17, 15) is 8.78 Å². The van der Waals surface area contributed by atoms with Crippen molar-refractivity contribution >= 4 is 27.0 Å². The third-order valence-electron chi connectivity index (χ3n) is 5.35. The Hall–Kier alpha value is -2.80. The van der Waals surface area contributed by atoms with Crippen molar-refractivity contribution in [3.8, 4) is 22.7 Å². The summed E-state index contributed by atoms with van der Waals surface area (Å²) in [5, 5.41) is 5.22. The predicted molar refractivity (Wildman–Crippen MR) is 115 cm³/mol. The molecule has 30 heavy (non-hydrogen) atoms. The molecular weight excluding hydrogens is 452 g/mol. The fourth-order valence-electron chi connectivity index (χ4n) is 3.66. The summed E-state index contributed by atoms with van der Waals surface area (Å²) < 4.78 is 36.1. The molecule has 0 N–H and O–H groups in total. The van der Waals surface area contributed by atoms with Crippen LogP contribution in [-0.2, 0) is 0 Å². The van der Waals surface area contributed by atoms with Gasteiger partial charge in [0.15, 0.2) is 5.65 Å². The van der Waals surface area contributed by atoms with Gasteiger partial charge in [-0.2, -0.15) is 5.10 Å². The summed E-state index contributed by atoms with van der Waals surface area (Å²) in [6.07, 6.45) is -0.687. The second-order valence-corrected chi connectivity index (χ2v) is 8.29. The van der Waals surface area contributed by atoms with Crippen molar-refractivity contribution in [3.05, 3.63) is 70.3 Å². The molecule has 0 atom stereocenters. The van der Waals surface area contributed by atoms with E-state index in [1.807, 2.05) is 48.5 Å². The molecule has 7 heteroatoms. The van der Waals surface area contributed by atoms with Crippen molar-refractivity contribution < 1.29 is 13.5 Å². The van der Waals surface area contributed by atoms with Crippen LogP contribution in [0.15, 0.2) is 59.1 Å². The second kappa shape index (κ2) is 7.47. The minimum atomic E-state index is -2.62. The Morgan fingerprint density at radius 2 is 1.77 bits per heavy atom. The van der Waals surface area contributed by atoms with Crippen molar-refractivity contribution in [2.45, 2.75) is 25.2 Å². The molecule has 152 valence electrons. The first-order valence-electron chi connectivity index (χ1n) is 9.67. The molecule has 2 heterocycles. The van der Waals surface area contributed by atoms with Crippen LogP contribution >= 0.6 is 15.9 Å². The van der Waals surface area contributed by atoms with Crippen LogP contribution in [0.4, 0.5) is 8.78 Å². The molecule has 0 spiro atoms. The lowest BCUT2D eigenvalue weighted by atomic mass is 10.0. The van der Waals surface area contributed by atoms with E-state index in [0.717, 1.165) is 34.3 Å². The molecule has 0 bridgehead atoms. The van der Waals surface area contributed by atoms with Gasteiger partial charge in [-0.15, -0.1) is 0 Å². The monoisotopic (exact) mass is 469 g/mol. The molecule has 0 amide bonds. The van der Waals surface area contributed by atoms with Crippen molar-refractivity contribution in [2.75, 3.05) is 7.11 Å². The Bertz CT molecular complexity index is 1220. The van der Waals surface area contributed by atoms with Crippen LogP contribution in [0.25, 0.3) is 28.0 Å². The highest BCUT2D eigenvalue weighted by atomic mass is 79.9. The van der Waals surface area contributed by atoms with E-state index in [1.54, 1.807) is 11.8 Å². The molecule has 5 rings (SSSR count). The van der Waals surface area contributed by atoms with Gasteiger partial charge >= 0.3 is 0 Å². The summed E-state index contributed by atoms with van der Waals surface area (Å²) >= 11 is 3.41. The van der Waals surface area contributed by atoms with Crippen LogP contribution in [-0.4, -0.2) is 21.9 Å². The molecule has 1 aliphatic rings. The number of pyridine rings is 1. The first kappa shape index (κ1) is 19.2. The highest BCUT2D eigenvalue weighted by molar-refractivity contribution is 9.10. The Labute approximate surface area is 180 Å². The molecule has 1 saturated carbocycles. The number of ether oxygens (including phenoxy) is 1. The van der Waals surface area contributed by atoms with E-state index in [1.165, 1.54) is 6.07 Å². The maximum Gasteiger partial charge on any atom is 0.264 e. The number of fused-ring (bicyclic) bond motifs is 1. The Morgan fingerprint density at radius 1 is 1.07 bits per heavy atom. The standard InChI is InChI=1S/C23H18BrF2N3O/c1-30-17-10-8-16(9-11-17)29-23-20(21(28-29)14-2-3-14)18(22(25)26)12-19(27-23)13-4-6-15(24)7-5-13/h4-12,14,22H,2-3H2,1H3. The molecule has 4 aromatic rings. The summed E-state index contributed by atoms with van der Waals surface area (Å²) in [6.45, 7) is 0. The van der Waals surface area contributed by atoms with Gasteiger partial charge in [-0.25, -0.2) is 18.4 Å². The van der Waals surface area contributed by atoms with E-state index in [-0.39, 0.29) is 11.5 Å². The van der Waals surface area contributed by atoms with Gasteiger partial charge < -0.3 is 4.74 Å². The average Bonchev–Trinajstić information content (AvgIpc) is 3.54. The first-order valence-corrected chi connectivity index (χ1v) is 10.5. The van der Waals surface area contributed by atoms with Gasteiger partial charge in [0.25, 0.3) is 6.43 Å². The molecule has 0 radical (unpaired) electrons. The van der Waals surface area contributed by atoms with E-state index in [2.05, 4.69) is 15.9 Å². The van der Waals surface area contributed by atoms with E-state index in [0.29, 0.717) is 22.4 Å². The average molecular weight is 470 g/mol. The zero-order valence-corrected chi connectivity index (χ0v) is 17.7. The molecule has 2 aromatic heterocycles. The third-order valence-corrected chi connectivity index (χ3v) is 5.88. The molecule has 2 aromatic carbocycles. The number of rotatable bonds is 5. The fourth-order valence-corrected chi connectivity index (χ4v) is 3.92. The van der Waals surface area contributed by atoms with E-state index in [4.69, 9.17) is 14.8 Å². The van der Waals surface area contributed by atoms with Crippen molar-refractivity contribution in [1.82, 2.24) is 14.8 Å². The minimum Gasteiger partial charge on any atom is -0.497 e. The SMILES string of the molecule is COc1ccc(-n2nc(C3CC3)c3c(C(F)F)cc(-c4ccc(Br)cc4)nc32)cc1. The van der Waals surface area contributed by atoms with E-state index >= 15 is 0 Å². The van der Waals surface area contributed by atoms with Gasteiger partial charge in [0.05, 0.1) is 29.6 Å². The van der Waals surface area contributed by atoms with Gasteiger partial charge in [0.2, 0.25) is 0 Å². The van der Waals surface area contributed by atoms with Crippen LogP contribution < -0.4 is 4.74 Å². The lowest BCUT2D eigenvalue weighted by Crippen LogP contribution is -2.00. The van der Waals surface area contributed by atoms with Crippen LogP contribution in [0.5, 0.6) is 5.75 Å². The zero-order chi connectivity index (χ0) is 20.8. The third kappa shape index (κ3) is 3.37. The Morgan fingerprint density at radius 3 is 2.37 bits per heavy atom. The highest BCUT2D eigenvalue weighted by Crippen LogP contribution is 2.45. The van der Waals surface area contributed by atoms with Gasteiger partial charge in [-0.1, -0.05) is 28.1 Å². The maximum atomic E-state index is 14.1. The van der Waals surface area contributed by atoms with Crippen LogP contribution in [0.3, 0.4) is 0 Å². The second-order valence-electron chi connectivity index (χ2n) is 7.37. The van der Waals surface area contributed by atoms with E-state index < -0.39 is 6.43 Å². The molecule has 0 aliphatic heterocycles. The molecular formula is C23H18BrF2N3O. The smallest absolute Gasteiger partial charge is 0.264 e. The number of hydrogen-bond acceptors (Lipinski definition) is 3. The van der Waals surface area contributed by atoms with Crippen LogP contribution in [0.1, 0.15) is 36.4 Å². The predicted octanol–water partition coefficient (Wildman–Crippen LogP) is 6.67. The normalized spacial score (nSPS) is 13.9. The number of methoxy groups -OCH3 is 1. The Kier molecular flexibility index (Phi) is 4.77. The number of hydrogen-bond donors (Lipinski definition) is 0. The molecule has 0 unspecified atom stereocenters. The molecule has 1 fully saturated rings. The number of alkyl halides is 2. The largest absolute Gasteiger partial charge is 0.497 e. The minimum absolute atomic E-state index is 0.0143. The highest BCUT2D eigenvalue weighted by Gasteiger charge is 2.33. The number of halogens is 3. The number of nitrogens with zero attached hydrogens (tertiary/aromatic N) is 3. The van der Waals surface area contributed by atoms with Crippen molar-refractivity contribution in [2.24, 2.45) is 0 Å². The lowest BCUT2D eigenvalue weighted by molar-refractivity contribution is 0.153. The molecule has 1 aliphatic carbocycles. The maximum absolute atomic E-state index is 14.1. The first-order chi connectivity index (χ1) is 14.5. The van der Waals surface area contributed by atoms with Gasteiger partial charge in [0.1, 0.15) is 5.75 Å². The fraction of sp³-hybridized carbons (Fsp3) is 0.217. The summed E-state index contributed by atoms with van der Waals surface area (Å²) in [4.78, 5) is 4.79. The van der Waals surface area contributed by atoms with Gasteiger partial charge in [0, 0.05) is 21.5 Å². The summed E-state index contributed by atoms with van der Waals surface area (Å²) in [5.74, 6) is 0.930. The Balaban J connectivity index is 1.78. The summed E-state index contributed by atoms with van der Waals surface area (Å²) in [5.41, 5.74) is 3.19. The van der Waals surface area contributed by atoms with Gasteiger partial charge in [-0.05, 0) is 55.3 Å². The number of benzene rings is 2. The van der Waals surface area contributed by atoms with Crippen molar-refractivity contribution in [1.29, 1.82) is 0 Å². The van der Waals surface area contributed by atoms with Gasteiger partial charge in [-0.3, -0.25) is 0 Å². The molecule has 4 nitrogen and oxygen atoms in total. The topological polar surface area (TPSA) is 39.9 Å². The molecule has 0 saturated heterocycles. The summed E-state index contributed by atoms with van der Waals surface area (Å²) in [6, 6.07) is 16.3.